The molecule has 1 aromatic carbocycles. The summed E-state index contributed by atoms with van der Waals surface area (Å²) in [6, 6.07) is 12.3. The Morgan fingerprint density at radius 2 is 1.88 bits per heavy atom. The van der Waals surface area contributed by atoms with Crippen LogP contribution in [0.5, 0.6) is 0 Å². The highest BCUT2D eigenvalue weighted by Crippen LogP contribution is 2.20. The molecule has 1 amide bonds. The highest BCUT2D eigenvalue weighted by atomic mass is 19.1. The summed E-state index contributed by atoms with van der Waals surface area (Å²) in [5.41, 5.74) is 0.918. The van der Waals surface area contributed by atoms with Crippen molar-refractivity contribution in [2.24, 2.45) is 5.92 Å². The van der Waals surface area contributed by atoms with E-state index in [2.05, 4.69) is 31.1 Å². The molecule has 4 rings (SSSR count). The molecule has 3 heterocycles. The summed E-state index contributed by atoms with van der Waals surface area (Å²) in [6.07, 6.45) is 4.22. The summed E-state index contributed by atoms with van der Waals surface area (Å²) in [5.74, 6) is 1.44. The first-order chi connectivity index (χ1) is 15.6. The molecule has 172 valence electrons. The van der Waals surface area contributed by atoms with Crippen molar-refractivity contribution in [1.29, 1.82) is 0 Å². The van der Waals surface area contributed by atoms with Gasteiger partial charge in [0.25, 0.3) is 0 Å². The lowest BCUT2D eigenvalue weighted by atomic mass is 9.97. The van der Waals surface area contributed by atoms with Crippen LogP contribution < -0.4 is 10.2 Å². The molecule has 7 heteroatoms. The summed E-state index contributed by atoms with van der Waals surface area (Å²) < 4.78 is 13.1. The van der Waals surface area contributed by atoms with Crippen LogP contribution in [0, 0.1) is 11.7 Å². The fourth-order valence-electron chi connectivity index (χ4n) is 4.83. The van der Waals surface area contributed by atoms with Gasteiger partial charge >= 0.3 is 0 Å². The average Bonchev–Trinajstić information content (AvgIpc) is 2.81. The van der Waals surface area contributed by atoms with Crippen molar-refractivity contribution in [3.8, 4) is 0 Å². The number of nitrogens with one attached hydrogen (secondary N) is 1. The Balaban J connectivity index is 1.20. The molecule has 0 saturated carbocycles. The minimum absolute atomic E-state index is 0.0338. The number of rotatable bonds is 7. The number of nitrogens with zero attached hydrogens (tertiary/aromatic N) is 4. The van der Waals surface area contributed by atoms with Crippen LogP contribution in [-0.4, -0.2) is 73.0 Å². The molecule has 32 heavy (non-hydrogen) atoms. The van der Waals surface area contributed by atoms with Crippen LogP contribution in [0.1, 0.15) is 31.4 Å². The third kappa shape index (κ3) is 6.26. The van der Waals surface area contributed by atoms with Crippen molar-refractivity contribution in [1.82, 2.24) is 20.1 Å². The molecule has 0 radical (unpaired) electrons. The van der Waals surface area contributed by atoms with Gasteiger partial charge in [-0.2, -0.15) is 0 Å². The Hall–Kier alpha value is -2.51. The normalized spacial score (nSPS) is 21.3. The zero-order valence-corrected chi connectivity index (χ0v) is 18.9. The van der Waals surface area contributed by atoms with E-state index in [1.807, 2.05) is 25.3 Å². The van der Waals surface area contributed by atoms with E-state index in [-0.39, 0.29) is 17.8 Å². The van der Waals surface area contributed by atoms with Crippen LogP contribution >= 0.6 is 0 Å². The smallest absolute Gasteiger partial charge is 0.234 e. The molecule has 0 spiro atoms. The second kappa shape index (κ2) is 10.9. The molecule has 2 saturated heterocycles. The Morgan fingerprint density at radius 3 is 2.59 bits per heavy atom. The van der Waals surface area contributed by atoms with E-state index in [4.69, 9.17) is 0 Å². The number of likely N-dealkylation sites (tertiary alicyclic amines) is 1. The Kier molecular flexibility index (Phi) is 7.71. The lowest BCUT2D eigenvalue weighted by Crippen LogP contribution is -2.50. The lowest BCUT2D eigenvalue weighted by molar-refractivity contribution is -0.123. The van der Waals surface area contributed by atoms with Gasteiger partial charge in [0, 0.05) is 45.5 Å². The van der Waals surface area contributed by atoms with Gasteiger partial charge in [0.05, 0.1) is 12.6 Å². The maximum Gasteiger partial charge on any atom is 0.234 e. The van der Waals surface area contributed by atoms with Gasteiger partial charge in [-0.15, -0.1) is 0 Å². The number of benzene rings is 1. The average molecular weight is 440 g/mol. The van der Waals surface area contributed by atoms with Gasteiger partial charge in [-0.05, 0) is 62.1 Å². The molecule has 2 atom stereocenters. The fraction of sp³-hybridized carbons (Fsp3) is 0.520. The molecular formula is C25H34FN5O. The Bertz CT molecular complexity index is 854. The minimum atomic E-state index is -0.259. The maximum absolute atomic E-state index is 13.1. The quantitative estimate of drug-likeness (QED) is 0.719. The predicted octanol–water partition coefficient (Wildman–Crippen LogP) is 2.93. The molecule has 2 aromatic rings. The van der Waals surface area contributed by atoms with Gasteiger partial charge in [-0.3, -0.25) is 14.6 Å². The molecule has 1 aromatic heterocycles. The molecular weight excluding hydrogens is 405 g/mol. The van der Waals surface area contributed by atoms with E-state index in [1.54, 1.807) is 12.1 Å². The summed E-state index contributed by atoms with van der Waals surface area (Å²) in [7, 11) is 0. The number of amides is 1. The van der Waals surface area contributed by atoms with Crippen LogP contribution in [0.2, 0.25) is 0 Å². The maximum atomic E-state index is 13.1. The summed E-state index contributed by atoms with van der Waals surface area (Å²) in [6.45, 7) is 9.55. The number of hydrogen-bond acceptors (Lipinski definition) is 5. The number of pyridine rings is 1. The molecule has 0 bridgehead atoms. The summed E-state index contributed by atoms with van der Waals surface area (Å²) >= 11 is 0. The Labute approximate surface area is 190 Å². The number of halogens is 1. The molecule has 2 unspecified atom stereocenters. The van der Waals surface area contributed by atoms with Crippen molar-refractivity contribution in [3.63, 3.8) is 0 Å². The van der Waals surface area contributed by atoms with Gasteiger partial charge in [0.15, 0.2) is 0 Å². The van der Waals surface area contributed by atoms with Crippen molar-refractivity contribution in [3.05, 3.63) is 60.0 Å². The van der Waals surface area contributed by atoms with Gasteiger partial charge in [-0.25, -0.2) is 9.37 Å². The highest BCUT2D eigenvalue weighted by molar-refractivity contribution is 5.78. The fourth-order valence-corrected chi connectivity index (χ4v) is 4.83. The van der Waals surface area contributed by atoms with E-state index in [0.717, 1.165) is 63.6 Å². The SMILES string of the molecule is CC(NC(=O)CN1CCCC(CN2CCN(c3ccccn3)CC2)C1)c1ccc(F)cc1. The molecule has 1 N–H and O–H groups in total. The standard InChI is InChI=1S/C25H34FN5O/c1-20(22-7-9-23(26)10-8-22)28-25(32)19-30-12-4-5-21(18-30)17-29-13-15-31(16-14-29)24-6-2-3-11-27-24/h2-3,6-11,20-21H,4-5,12-19H2,1H3,(H,28,32). The zero-order chi connectivity index (χ0) is 22.3. The van der Waals surface area contributed by atoms with Crippen LogP contribution in [-0.2, 0) is 4.79 Å². The molecule has 0 aliphatic carbocycles. The van der Waals surface area contributed by atoms with Gasteiger partial charge in [-0.1, -0.05) is 18.2 Å². The molecule has 2 aliphatic rings. The number of hydrogen-bond donors (Lipinski definition) is 1. The monoisotopic (exact) mass is 439 g/mol. The second-order valence-corrected chi connectivity index (χ2v) is 9.06. The van der Waals surface area contributed by atoms with Crippen molar-refractivity contribution < 1.29 is 9.18 Å². The van der Waals surface area contributed by atoms with E-state index in [0.29, 0.717) is 12.5 Å². The van der Waals surface area contributed by atoms with Gasteiger partial charge in [0.1, 0.15) is 11.6 Å². The molecule has 6 nitrogen and oxygen atoms in total. The topological polar surface area (TPSA) is 51.7 Å². The van der Waals surface area contributed by atoms with Crippen LogP contribution in [0.3, 0.4) is 0 Å². The van der Waals surface area contributed by atoms with Crippen LogP contribution in [0.25, 0.3) is 0 Å². The number of piperazine rings is 1. The number of anilines is 1. The first kappa shape index (κ1) is 22.7. The van der Waals surface area contributed by atoms with Crippen molar-refractivity contribution in [2.75, 3.05) is 57.3 Å². The summed E-state index contributed by atoms with van der Waals surface area (Å²) in [5, 5.41) is 3.05. The third-order valence-corrected chi connectivity index (χ3v) is 6.58. The number of piperidine rings is 1. The van der Waals surface area contributed by atoms with E-state index in [9.17, 15) is 9.18 Å². The van der Waals surface area contributed by atoms with Crippen molar-refractivity contribution in [2.45, 2.75) is 25.8 Å². The molecule has 2 fully saturated rings. The van der Waals surface area contributed by atoms with Gasteiger partial charge in [0.2, 0.25) is 5.91 Å². The number of carbonyl (C=O) groups excluding carboxylic acids is 1. The first-order valence-electron chi connectivity index (χ1n) is 11.7. The Morgan fingerprint density at radius 1 is 1.09 bits per heavy atom. The van der Waals surface area contributed by atoms with Crippen LogP contribution in [0.15, 0.2) is 48.7 Å². The second-order valence-electron chi connectivity index (χ2n) is 9.06. The minimum Gasteiger partial charge on any atom is -0.354 e. The van der Waals surface area contributed by atoms with Crippen LogP contribution in [0.4, 0.5) is 10.2 Å². The third-order valence-electron chi connectivity index (χ3n) is 6.58. The predicted molar refractivity (Wildman–Crippen MR) is 125 cm³/mol. The lowest BCUT2D eigenvalue weighted by Gasteiger charge is -2.39. The van der Waals surface area contributed by atoms with E-state index in [1.165, 1.54) is 18.6 Å². The highest BCUT2D eigenvalue weighted by Gasteiger charge is 2.26. The number of aromatic nitrogens is 1. The summed E-state index contributed by atoms with van der Waals surface area (Å²) in [4.78, 5) is 24.3. The van der Waals surface area contributed by atoms with E-state index < -0.39 is 0 Å². The zero-order valence-electron chi connectivity index (χ0n) is 18.9. The number of carbonyl (C=O) groups is 1. The molecule has 2 aliphatic heterocycles. The first-order valence-corrected chi connectivity index (χ1v) is 11.7. The van der Waals surface area contributed by atoms with Crippen molar-refractivity contribution >= 4 is 11.7 Å². The largest absolute Gasteiger partial charge is 0.354 e. The van der Waals surface area contributed by atoms with Gasteiger partial charge < -0.3 is 10.2 Å². The van der Waals surface area contributed by atoms with E-state index >= 15 is 0 Å².